The average Bonchev–Trinajstić information content (AvgIpc) is 3.17. The van der Waals surface area contributed by atoms with Crippen molar-refractivity contribution in [2.45, 2.75) is 18.4 Å². The van der Waals surface area contributed by atoms with E-state index >= 15 is 0 Å². The first-order chi connectivity index (χ1) is 8.22. The highest BCUT2D eigenvalue weighted by molar-refractivity contribution is 5.58. The van der Waals surface area contributed by atoms with Crippen molar-refractivity contribution in [1.82, 2.24) is 0 Å². The van der Waals surface area contributed by atoms with E-state index in [2.05, 4.69) is 0 Å². The molecule has 4 heteroatoms. The number of hydrogen-bond acceptors (Lipinski definition) is 4. The molecule has 0 spiro atoms. The Hall–Kier alpha value is -1.42. The van der Waals surface area contributed by atoms with Gasteiger partial charge in [-0.15, -0.1) is 0 Å². The Morgan fingerprint density at radius 2 is 1.53 bits per heavy atom. The van der Waals surface area contributed by atoms with Gasteiger partial charge in [-0.3, -0.25) is 0 Å². The molecule has 0 bridgehead atoms. The number of hydrogen-bond donors (Lipinski definition) is 0. The number of methoxy groups -OCH3 is 4. The molecule has 1 aliphatic rings. The van der Waals surface area contributed by atoms with Gasteiger partial charge in [-0.25, -0.2) is 0 Å². The van der Waals surface area contributed by atoms with Gasteiger partial charge >= 0.3 is 0 Å². The van der Waals surface area contributed by atoms with Crippen LogP contribution in [0.3, 0.4) is 0 Å². The SMILES string of the molecule is COc1ccc(C2(OC)CC2)c(OC)c1OC. The summed E-state index contributed by atoms with van der Waals surface area (Å²) in [5, 5.41) is 0. The summed E-state index contributed by atoms with van der Waals surface area (Å²) in [6, 6.07) is 3.87. The van der Waals surface area contributed by atoms with Crippen LogP contribution in [0.1, 0.15) is 18.4 Å². The summed E-state index contributed by atoms with van der Waals surface area (Å²) < 4.78 is 21.6. The van der Waals surface area contributed by atoms with Crippen molar-refractivity contribution in [3.63, 3.8) is 0 Å². The highest BCUT2D eigenvalue weighted by Gasteiger charge is 2.47. The molecule has 1 aromatic rings. The van der Waals surface area contributed by atoms with Crippen molar-refractivity contribution >= 4 is 0 Å². The van der Waals surface area contributed by atoms with Gasteiger partial charge in [0.15, 0.2) is 11.5 Å². The van der Waals surface area contributed by atoms with Crippen LogP contribution in [0, 0.1) is 0 Å². The van der Waals surface area contributed by atoms with E-state index in [1.54, 1.807) is 28.4 Å². The maximum atomic E-state index is 5.57. The molecule has 1 aliphatic carbocycles. The van der Waals surface area contributed by atoms with Crippen LogP contribution in [-0.2, 0) is 10.3 Å². The molecule has 0 aliphatic heterocycles. The van der Waals surface area contributed by atoms with Gasteiger partial charge < -0.3 is 18.9 Å². The van der Waals surface area contributed by atoms with E-state index < -0.39 is 0 Å². The third-order valence-corrected chi connectivity index (χ3v) is 3.29. The Balaban J connectivity index is 2.54. The molecule has 1 aromatic carbocycles. The van der Waals surface area contributed by atoms with E-state index in [4.69, 9.17) is 18.9 Å². The summed E-state index contributed by atoms with van der Waals surface area (Å²) >= 11 is 0. The van der Waals surface area contributed by atoms with Gasteiger partial charge in [0, 0.05) is 12.7 Å². The Kier molecular flexibility index (Phi) is 3.15. The maximum absolute atomic E-state index is 5.57. The summed E-state index contributed by atoms with van der Waals surface area (Å²) in [4.78, 5) is 0. The minimum absolute atomic E-state index is 0.203. The fourth-order valence-electron chi connectivity index (χ4n) is 2.16. The fourth-order valence-corrected chi connectivity index (χ4v) is 2.16. The minimum Gasteiger partial charge on any atom is -0.493 e. The van der Waals surface area contributed by atoms with Gasteiger partial charge in [0.25, 0.3) is 0 Å². The topological polar surface area (TPSA) is 36.9 Å². The van der Waals surface area contributed by atoms with Gasteiger partial charge in [-0.1, -0.05) is 0 Å². The van der Waals surface area contributed by atoms with Crippen molar-refractivity contribution in [1.29, 1.82) is 0 Å². The predicted molar refractivity (Wildman–Crippen MR) is 64.0 cm³/mol. The summed E-state index contributed by atoms with van der Waals surface area (Å²) in [5.74, 6) is 1.99. The lowest BCUT2D eigenvalue weighted by Gasteiger charge is -2.20. The Bertz CT molecular complexity index is 410. The van der Waals surface area contributed by atoms with Crippen LogP contribution >= 0.6 is 0 Å². The van der Waals surface area contributed by atoms with Crippen molar-refractivity contribution in [2.24, 2.45) is 0 Å². The van der Waals surface area contributed by atoms with E-state index in [9.17, 15) is 0 Å². The molecular formula is C13H18O4. The van der Waals surface area contributed by atoms with Crippen LogP contribution in [-0.4, -0.2) is 28.4 Å². The van der Waals surface area contributed by atoms with Crippen LogP contribution in [0.25, 0.3) is 0 Å². The standard InChI is InChI=1S/C13H18O4/c1-14-10-6-5-9(13(17-4)7-8-13)11(15-2)12(10)16-3/h5-6H,7-8H2,1-4H3. The van der Waals surface area contributed by atoms with Gasteiger partial charge in [-0.2, -0.15) is 0 Å². The third kappa shape index (κ3) is 1.82. The quantitative estimate of drug-likeness (QED) is 0.789. The molecule has 0 N–H and O–H groups in total. The lowest BCUT2D eigenvalue weighted by Crippen LogP contribution is -2.11. The maximum Gasteiger partial charge on any atom is 0.203 e. The molecule has 0 saturated heterocycles. The van der Waals surface area contributed by atoms with E-state index in [1.165, 1.54) is 0 Å². The molecule has 0 atom stereocenters. The fraction of sp³-hybridized carbons (Fsp3) is 0.538. The summed E-state index contributed by atoms with van der Waals surface area (Å²) in [5.41, 5.74) is 0.824. The average molecular weight is 238 g/mol. The van der Waals surface area contributed by atoms with Crippen LogP contribution < -0.4 is 14.2 Å². The molecule has 0 amide bonds. The van der Waals surface area contributed by atoms with Crippen molar-refractivity contribution < 1.29 is 18.9 Å². The van der Waals surface area contributed by atoms with Gasteiger partial charge in [0.1, 0.15) is 0 Å². The normalized spacial score (nSPS) is 16.5. The second-order valence-electron chi connectivity index (χ2n) is 4.08. The monoisotopic (exact) mass is 238 g/mol. The molecule has 1 saturated carbocycles. The minimum atomic E-state index is -0.203. The zero-order valence-electron chi connectivity index (χ0n) is 10.7. The highest BCUT2D eigenvalue weighted by atomic mass is 16.5. The Labute approximate surface area is 101 Å². The summed E-state index contributed by atoms with van der Waals surface area (Å²) in [6.45, 7) is 0. The van der Waals surface area contributed by atoms with Crippen molar-refractivity contribution in [3.05, 3.63) is 17.7 Å². The summed E-state index contributed by atoms with van der Waals surface area (Å²) in [6.07, 6.45) is 2.02. The van der Waals surface area contributed by atoms with Gasteiger partial charge in [-0.05, 0) is 25.0 Å². The zero-order chi connectivity index (χ0) is 12.5. The lowest BCUT2D eigenvalue weighted by atomic mass is 10.1. The molecule has 0 aromatic heterocycles. The molecule has 0 heterocycles. The third-order valence-electron chi connectivity index (χ3n) is 3.29. The highest BCUT2D eigenvalue weighted by Crippen LogP contribution is 2.55. The van der Waals surface area contributed by atoms with E-state index in [0.717, 1.165) is 18.4 Å². The predicted octanol–water partition coefficient (Wildman–Crippen LogP) is 2.35. The number of rotatable bonds is 5. The van der Waals surface area contributed by atoms with Crippen molar-refractivity contribution in [3.8, 4) is 17.2 Å². The van der Waals surface area contributed by atoms with Gasteiger partial charge in [0.2, 0.25) is 5.75 Å². The second kappa shape index (κ2) is 4.45. The molecule has 0 unspecified atom stereocenters. The van der Waals surface area contributed by atoms with Crippen LogP contribution in [0.2, 0.25) is 0 Å². The van der Waals surface area contributed by atoms with Crippen LogP contribution in [0.15, 0.2) is 12.1 Å². The van der Waals surface area contributed by atoms with E-state index in [1.807, 2.05) is 12.1 Å². The largest absolute Gasteiger partial charge is 0.493 e. The van der Waals surface area contributed by atoms with Gasteiger partial charge in [0.05, 0.1) is 26.9 Å². The van der Waals surface area contributed by atoms with E-state index in [0.29, 0.717) is 17.2 Å². The van der Waals surface area contributed by atoms with Crippen LogP contribution in [0.5, 0.6) is 17.2 Å². The molecule has 17 heavy (non-hydrogen) atoms. The van der Waals surface area contributed by atoms with Crippen LogP contribution in [0.4, 0.5) is 0 Å². The zero-order valence-corrected chi connectivity index (χ0v) is 10.7. The number of benzene rings is 1. The summed E-state index contributed by atoms with van der Waals surface area (Å²) in [7, 11) is 6.58. The molecule has 1 fully saturated rings. The van der Waals surface area contributed by atoms with Crippen molar-refractivity contribution in [2.75, 3.05) is 28.4 Å². The smallest absolute Gasteiger partial charge is 0.203 e. The van der Waals surface area contributed by atoms with E-state index in [-0.39, 0.29) is 5.60 Å². The molecule has 0 radical (unpaired) electrons. The Morgan fingerprint density at radius 3 is 1.94 bits per heavy atom. The molecular weight excluding hydrogens is 220 g/mol. The number of ether oxygens (including phenoxy) is 4. The first-order valence-electron chi connectivity index (χ1n) is 5.57. The first-order valence-corrected chi connectivity index (χ1v) is 5.57. The Morgan fingerprint density at radius 1 is 0.882 bits per heavy atom. The molecule has 94 valence electrons. The molecule has 4 nitrogen and oxygen atoms in total. The molecule has 2 rings (SSSR count). The first kappa shape index (κ1) is 12.0. The lowest BCUT2D eigenvalue weighted by molar-refractivity contribution is 0.0760. The second-order valence-corrected chi connectivity index (χ2v) is 4.08.